The maximum absolute atomic E-state index is 13.3. The summed E-state index contributed by atoms with van der Waals surface area (Å²) in [6, 6.07) is 3.50. The van der Waals surface area contributed by atoms with Gasteiger partial charge in [-0.15, -0.1) is 11.3 Å². The van der Waals surface area contributed by atoms with E-state index in [-0.39, 0.29) is 31.3 Å². The highest BCUT2D eigenvalue weighted by atomic mass is 32.1. The van der Waals surface area contributed by atoms with Crippen molar-refractivity contribution in [2.75, 3.05) is 6.61 Å². The normalized spacial score (nSPS) is 10.7. The molecular formula is C14H10F4O2S. The fourth-order valence-electron chi connectivity index (χ4n) is 1.65. The van der Waals surface area contributed by atoms with E-state index in [1.807, 2.05) is 0 Å². The predicted octanol–water partition coefficient (Wildman–Crippen LogP) is 4.35. The number of carbonyl (C=O) groups excluding carboxylic acids is 1. The smallest absolute Gasteiger partial charge is 0.203 e. The lowest BCUT2D eigenvalue weighted by Crippen LogP contribution is -2.07. The average Bonchev–Trinajstić information content (AvgIpc) is 2.98. The highest BCUT2D eigenvalue weighted by molar-refractivity contribution is 7.12. The Morgan fingerprint density at radius 2 is 1.81 bits per heavy atom. The Kier molecular flexibility index (Phi) is 4.95. The van der Waals surface area contributed by atoms with Gasteiger partial charge in [0.1, 0.15) is 0 Å². The zero-order valence-corrected chi connectivity index (χ0v) is 11.5. The molecule has 0 amide bonds. The Bertz CT molecular complexity index is 615. The summed E-state index contributed by atoms with van der Waals surface area (Å²) < 4.78 is 57.1. The van der Waals surface area contributed by atoms with Gasteiger partial charge in [0.2, 0.25) is 11.6 Å². The second-order valence-corrected chi connectivity index (χ2v) is 5.10. The molecule has 0 unspecified atom stereocenters. The van der Waals surface area contributed by atoms with Gasteiger partial charge in [0, 0.05) is 12.5 Å². The molecule has 2 aromatic rings. The molecule has 2 rings (SSSR count). The number of ether oxygens (including phenoxy) is 1. The van der Waals surface area contributed by atoms with Crippen LogP contribution in [-0.4, -0.2) is 12.4 Å². The van der Waals surface area contributed by atoms with Gasteiger partial charge in [-0.1, -0.05) is 6.07 Å². The predicted molar refractivity (Wildman–Crippen MR) is 69.7 cm³/mol. The van der Waals surface area contributed by atoms with Gasteiger partial charge in [-0.3, -0.25) is 4.79 Å². The first-order valence-corrected chi connectivity index (χ1v) is 6.91. The Labute approximate surface area is 122 Å². The SMILES string of the molecule is O=C(CCCOc1c(F)c(F)cc(F)c1F)c1cccs1. The van der Waals surface area contributed by atoms with Crippen molar-refractivity contribution in [2.24, 2.45) is 0 Å². The summed E-state index contributed by atoms with van der Waals surface area (Å²) in [4.78, 5) is 12.2. The van der Waals surface area contributed by atoms with Gasteiger partial charge >= 0.3 is 0 Å². The first-order chi connectivity index (χ1) is 10.0. The van der Waals surface area contributed by atoms with Gasteiger partial charge in [-0.25, -0.2) is 8.78 Å². The molecule has 7 heteroatoms. The van der Waals surface area contributed by atoms with Crippen LogP contribution in [0.1, 0.15) is 22.5 Å². The number of hydrogen-bond acceptors (Lipinski definition) is 3. The lowest BCUT2D eigenvalue weighted by atomic mass is 10.2. The Morgan fingerprint density at radius 3 is 2.38 bits per heavy atom. The molecule has 0 bridgehead atoms. The minimum atomic E-state index is -1.58. The summed E-state index contributed by atoms with van der Waals surface area (Å²) in [5.41, 5.74) is 0. The minimum Gasteiger partial charge on any atom is -0.487 e. The number of benzene rings is 1. The molecule has 0 aliphatic heterocycles. The molecule has 0 fully saturated rings. The first-order valence-electron chi connectivity index (χ1n) is 6.03. The molecule has 0 spiro atoms. The quantitative estimate of drug-likeness (QED) is 0.343. The van der Waals surface area contributed by atoms with E-state index in [0.29, 0.717) is 4.88 Å². The number of halogens is 4. The van der Waals surface area contributed by atoms with Crippen LogP contribution in [0.3, 0.4) is 0 Å². The standard InChI is InChI=1S/C14H10F4O2S/c15-8-7-9(16)13(18)14(12(8)17)20-5-1-3-10(19)11-4-2-6-21-11/h2,4,6-7H,1,3,5H2. The first kappa shape index (κ1) is 15.5. The largest absolute Gasteiger partial charge is 0.487 e. The van der Waals surface area contributed by atoms with E-state index in [4.69, 9.17) is 4.74 Å². The molecule has 2 nitrogen and oxygen atoms in total. The third-order valence-corrected chi connectivity index (χ3v) is 3.57. The highest BCUT2D eigenvalue weighted by Gasteiger charge is 2.20. The van der Waals surface area contributed by atoms with Crippen LogP contribution in [-0.2, 0) is 0 Å². The summed E-state index contributed by atoms with van der Waals surface area (Å²) in [6.07, 6.45) is 0.287. The van der Waals surface area contributed by atoms with E-state index in [0.717, 1.165) is 0 Å². The van der Waals surface area contributed by atoms with E-state index in [1.165, 1.54) is 11.3 Å². The van der Waals surface area contributed by atoms with Gasteiger partial charge in [-0.2, -0.15) is 8.78 Å². The molecule has 21 heavy (non-hydrogen) atoms. The molecule has 1 aromatic carbocycles. The maximum Gasteiger partial charge on any atom is 0.203 e. The monoisotopic (exact) mass is 318 g/mol. The van der Waals surface area contributed by atoms with Crippen molar-refractivity contribution >= 4 is 17.1 Å². The molecular weight excluding hydrogens is 308 g/mol. The van der Waals surface area contributed by atoms with Crippen molar-refractivity contribution in [3.8, 4) is 5.75 Å². The number of hydrogen-bond donors (Lipinski definition) is 0. The molecule has 1 aromatic heterocycles. The summed E-state index contributed by atoms with van der Waals surface area (Å²) >= 11 is 1.28. The second-order valence-electron chi connectivity index (χ2n) is 4.15. The highest BCUT2D eigenvalue weighted by Crippen LogP contribution is 2.26. The lowest BCUT2D eigenvalue weighted by molar-refractivity contribution is 0.0976. The zero-order valence-electron chi connectivity index (χ0n) is 10.7. The van der Waals surface area contributed by atoms with Gasteiger partial charge in [0.25, 0.3) is 0 Å². The van der Waals surface area contributed by atoms with E-state index < -0.39 is 29.0 Å². The van der Waals surface area contributed by atoms with Crippen molar-refractivity contribution < 1.29 is 27.1 Å². The van der Waals surface area contributed by atoms with Gasteiger partial charge < -0.3 is 4.74 Å². The third kappa shape index (κ3) is 3.60. The molecule has 0 atom stereocenters. The van der Waals surface area contributed by atoms with E-state index in [1.54, 1.807) is 17.5 Å². The molecule has 0 saturated heterocycles. The maximum atomic E-state index is 13.3. The summed E-state index contributed by atoms with van der Waals surface area (Å²) in [6.45, 7) is -0.228. The van der Waals surface area contributed by atoms with Crippen LogP contribution in [0, 0.1) is 23.3 Å². The molecule has 0 saturated carbocycles. The van der Waals surface area contributed by atoms with Gasteiger partial charge in [0.05, 0.1) is 11.5 Å². The number of rotatable bonds is 6. The number of ketones is 1. The van der Waals surface area contributed by atoms with E-state index in [9.17, 15) is 22.4 Å². The van der Waals surface area contributed by atoms with Crippen molar-refractivity contribution in [3.63, 3.8) is 0 Å². The van der Waals surface area contributed by atoms with Crippen LogP contribution in [0.4, 0.5) is 17.6 Å². The van der Waals surface area contributed by atoms with E-state index in [2.05, 4.69) is 0 Å². The molecule has 0 aliphatic rings. The van der Waals surface area contributed by atoms with Crippen LogP contribution in [0.2, 0.25) is 0 Å². The fourth-order valence-corrected chi connectivity index (χ4v) is 2.34. The van der Waals surface area contributed by atoms with Gasteiger partial charge in [-0.05, 0) is 17.9 Å². The number of carbonyl (C=O) groups is 1. The Hall–Kier alpha value is -1.89. The van der Waals surface area contributed by atoms with E-state index >= 15 is 0 Å². The fraction of sp³-hybridized carbons (Fsp3) is 0.214. The van der Waals surface area contributed by atoms with Crippen LogP contribution < -0.4 is 4.74 Å². The summed E-state index contributed by atoms with van der Waals surface area (Å²) in [7, 11) is 0. The minimum absolute atomic E-state index is 0.109. The van der Waals surface area contributed by atoms with Gasteiger partial charge in [0.15, 0.2) is 23.2 Å². The zero-order chi connectivity index (χ0) is 15.4. The summed E-state index contributed by atoms with van der Waals surface area (Å²) in [5, 5.41) is 1.75. The third-order valence-electron chi connectivity index (χ3n) is 2.66. The topological polar surface area (TPSA) is 26.3 Å². The van der Waals surface area contributed by atoms with Crippen LogP contribution >= 0.6 is 11.3 Å². The van der Waals surface area contributed by atoms with Crippen molar-refractivity contribution in [1.29, 1.82) is 0 Å². The Morgan fingerprint density at radius 1 is 1.14 bits per heavy atom. The van der Waals surface area contributed by atoms with Crippen LogP contribution in [0.15, 0.2) is 23.6 Å². The van der Waals surface area contributed by atoms with Crippen molar-refractivity contribution in [3.05, 3.63) is 51.7 Å². The summed E-state index contributed by atoms with van der Waals surface area (Å²) in [5.74, 6) is -7.45. The molecule has 112 valence electrons. The Balaban J connectivity index is 1.91. The molecule has 0 N–H and O–H groups in total. The van der Waals surface area contributed by atoms with Crippen LogP contribution in [0.5, 0.6) is 5.75 Å². The van der Waals surface area contributed by atoms with Crippen molar-refractivity contribution in [2.45, 2.75) is 12.8 Å². The number of thiophene rings is 1. The molecule has 0 aliphatic carbocycles. The number of Topliss-reactive ketones (excluding diaryl/α,β-unsaturated/α-hetero) is 1. The average molecular weight is 318 g/mol. The van der Waals surface area contributed by atoms with Crippen molar-refractivity contribution in [1.82, 2.24) is 0 Å². The second kappa shape index (κ2) is 6.71. The molecule has 1 heterocycles. The van der Waals surface area contributed by atoms with Crippen LogP contribution in [0.25, 0.3) is 0 Å². The molecule has 0 radical (unpaired) electrons. The lowest BCUT2D eigenvalue weighted by Gasteiger charge is -2.09.